The Balaban J connectivity index is 2.74. The van der Waals surface area contributed by atoms with E-state index in [-0.39, 0.29) is 17.1 Å². The fourth-order valence-corrected chi connectivity index (χ4v) is 1.47. The summed E-state index contributed by atoms with van der Waals surface area (Å²) in [6, 6.07) is 1.17. The van der Waals surface area contributed by atoms with E-state index in [0.717, 1.165) is 0 Å². The summed E-state index contributed by atoms with van der Waals surface area (Å²) < 4.78 is 30.9. The van der Waals surface area contributed by atoms with E-state index in [0.29, 0.717) is 17.7 Å². The first-order valence-corrected chi connectivity index (χ1v) is 4.77. The van der Waals surface area contributed by atoms with Crippen molar-refractivity contribution in [3.8, 4) is 11.3 Å². The van der Waals surface area contributed by atoms with Crippen LogP contribution in [0.5, 0.6) is 0 Å². The summed E-state index contributed by atoms with van der Waals surface area (Å²) >= 11 is 0. The van der Waals surface area contributed by atoms with E-state index in [1.807, 2.05) is 0 Å². The van der Waals surface area contributed by atoms with Crippen LogP contribution in [0.25, 0.3) is 11.3 Å². The monoisotopic (exact) mass is 255 g/mol. The molecule has 18 heavy (non-hydrogen) atoms. The van der Waals surface area contributed by atoms with Crippen molar-refractivity contribution in [3.63, 3.8) is 0 Å². The van der Waals surface area contributed by atoms with Crippen LogP contribution in [0.1, 0.15) is 5.56 Å². The molecule has 0 aliphatic heterocycles. The summed E-state index contributed by atoms with van der Waals surface area (Å²) in [5.41, 5.74) is 4.93. The van der Waals surface area contributed by atoms with Crippen LogP contribution in [0.2, 0.25) is 0 Å². The topological polar surface area (TPSA) is 95.2 Å². The summed E-state index contributed by atoms with van der Waals surface area (Å²) in [7, 11) is 0. The summed E-state index contributed by atoms with van der Waals surface area (Å²) in [6.07, 6.45) is 0. The second kappa shape index (κ2) is 4.06. The Kier molecular flexibility index (Phi) is 2.70. The largest absolute Gasteiger partial charge is 0.381 e. The molecule has 0 amide bonds. The van der Waals surface area contributed by atoms with Crippen molar-refractivity contribution in [2.24, 2.45) is 0 Å². The van der Waals surface area contributed by atoms with Gasteiger partial charge in [-0.1, -0.05) is 5.16 Å². The van der Waals surface area contributed by atoms with Crippen molar-refractivity contribution in [3.05, 3.63) is 39.4 Å². The summed E-state index contributed by atoms with van der Waals surface area (Å²) in [6.45, 7) is 1.51. The van der Waals surface area contributed by atoms with Crippen molar-refractivity contribution >= 4 is 11.5 Å². The number of nitrogen functional groups attached to an aromatic ring is 1. The minimum Gasteiger partial charge on any atom is -0.381 e. The van der Waals surface area contributed by atoms with E-state index < -0.39 is 22.2 Å². The minimum absolute atomic E-state index is 0.0315. The van der Waals surface area contributed by atoms with E-state index in [2.05, 4.69) is 5.16 Å². The molecule has 0 unspecified atom stereocenters. The quantitative estimate of drug-likeness (QED) is 0.656. The second-order valence-corrected chi connectivity index (χ2v) is 3.56. The maximum Gasteiger partial charge on any atom is 0.283 e. The van der Waals surface area contributed by atoms with Gasteiger partial charge in [-0.2, -0.15) is 0 Å². The first-order chi connectivity index (χ1) is 8.41. The van der Waals surface area contributed by atoms with Gasteiger partial charge in [0, 0.05) is 5.56 Å². The molecule has 0 fully saturated rings. The number of nitrogens with zero attached hydrogens (tertiary/aromatic N) is 2. The van der Waals surface area contributed by atoms with Crippen LogP contribution in [0.3, 0.4) is 0 Å². The maximum atomic E-state index is 13.2. The SMILES string of the molecule is Cc1c(N)noc1-c1cc(F)c(F)cc1[N+](=O)[O-]. The standard InChI is InChI=1S/C10H7F2N3O3/c1-4-9(18-14-10(4)13)5-2-6(11)7(12)3-8(5)15(16)17/h2-3H,1H3,(H2,13,14). The Bertz CT molecular complexity index is 640. The molecule has 1 aromatic heterocycles. The van der Waals surface area contributed by atoms with Gasteiger partial charge in [0.1, 0.15) is 5.56 Å². The molecular weight excluding hydrogens is 248 g/mol. The fourth-order valence-electron chi connectivity index (χ4n) is 1.47. The van der Waals surface area contributed by atoms with Crippen molar-refractivity contribution in [2.45, 2.75) is 6.92 Å². The fraction of sp³-hybridized carbons (Fsp3) is 0.100. The Morgan fingerprint density at radius 2 is 2.00 bits per heavy atom. The molecule has 1 heterocycles. The molecule has 6 nitrogen and oxygen atoms in total. The van der Waals surface area contributed by atoms with Gasteiger partial charge in [0.25, 0.3) is 5.69 Å². The Morgan fingerprint density at radius 3 is 2.50 bits per heavy atom. The lowest BCUT2D eigenvalue weighted by Crippen LogP contribution is -1.96. The molecule has 8 heteroatoms. The number of hydrogen-bond donors (Lipinski definition) is 1. The van der Waals surface area contributed by atoms with Crippen LogP contribution in [0.15, 0.2) is 16.7 Å². The van der Waals surface area contributed by atoms with Crippen LogP contribution in [-0.2, 0) is 0 Å². The predicted molar refractivity (Wildman–Crippen MR) is 57.7 cm³/mol. The first kappa shape index (κ1) is 12.0. The van der Waals surface area contributed by atoms with E-state index in [4.69, 9.17) is 10.3 Å². The molecule has 2 aromatic rings. The van der Waals surface area contributed by atoms with Crippen molar-refractivity contribution in [1.82, 2.24) is 5.16 Å². The molecule has 2 N–H and O–H groups in total. The third kappa shape index (κ3) is 1.77. The van der Waals surface area contributed by atoms with Gasteiger partial charge in [0.15, 0.2) is 23.2 Å². The highest BCUT2D eigenvalue weighted by atomic mass is 19.2. The first-order valence-electron chi connectivity index (χ1n) is 4.77. The lowest BCUT2D eigenvalue weighted by atomic mass is 10.1. The van der Waals surface area contributed by atoms with Crippen molar-refractivity contribution in [1.29, 1.82) is 0 Å². The average Bonchev–Trinajstić information content (AvgIpc) is 2.63. The molecule has 0 saturated heterocycles. The van der Waals surface area contributed by atoms with E-state index in [1.54, 1.807) is 0 Å². The number of nitrogens with two attached hydrogens (primary N) is 1. The van der Waals surface area contributed by atoms with Crippen LogP contribution < -0.4 is 5.73 Å². The molecule has 0 saturated carbocycles. The molecule has 0 spiro atoms. The van der Waals surface area contributed by atoms with Crippen LogP contribution >= 0.6 is 0 Å². The van der Waals surface area contributed by atoms with Crippen LogP contribution in [0, 0.1) is 28.7 Å². The molecule has 0 bridgehead atoms. The van der Waals surface area contributed by atoms with Crippen LogP contribution in [0.4, 0.5) is 20.3 Å². The normalized spacial score (nSPS) is 10.6. The molecule has 0 atom stereocenters. The highest BCUT2D eigenvalue weighted by Crippen LogP contribution is 2.35. The van der Waals surface area contributed by atoms with E-state index in [1.165, 1.54) is 6.92 Å². The van der Waals surface area contributed by atoms with E-state index in [9.17, 15) is 18.9 Å². The number of aromatic nitrogens is 1. The zero-order valence-electron chi connectivity index (χ0n) is 9.11. The van der Waals surface area contributed by atoms with Crippen LogP contribution in [-0.4, -0.2) is 10.1 Å². The number of benzene rings is 1. The second-order valence-electron chi connectivity index (χ2n) is 3.56. The van der Waals surface area contributed by atoms with Gasteiger partial charge >= 0.3 is 0 Å². The molecule has 0 aliphatic rings. The zero-order valence-corrected chi connectivity index (χ0v) is 9.11. The third-order valence-electron chi connectivity index (χ3n) is 2.44. The Morgan fingerprint density at radius 1 is 1.39 bits per heavy atom. The minimum atomic E-state index is -1.31. The number of halogens is 2. The molecular formula is C10H7F2N3O3. The highest BCUT2D eigenvalue weighted by molar-refractivity contribution is 5.74. The lowest BCUT2D eigenvalue weighted by Gasteiger charge is -2.01. The van der Waals surface area contributed by atoms with Crippen molar-refractivity contribution in [2.75, 3.05) is 5.73 Å². The molecule has 2 rings (SSSR count). The summed E-state index contributed by atoms with van der Waals surface area (Å²) in [4.78, 5) is 9.96. The lowest BCUT2D eigenvalue weighted by molar-refractivity contribution is -0.384. The molecule has 94 valence electrons. The van der Waals surface area contributed by atoms with Gasteiger partial charge in [-0.05, 0) is 13.0 Å². The molecule has 1 aromatic carbocycles. The Hall–Kier alpha value is -2.51. The average molecular weight is 255 g/mol. The molecule has 0 aliphatic carbocycles. The summed E-state index contributed by atoms with van der Waals surface area (Å²) in [5.74, 6) is -2.55. The predicted octanol–water partition coefficient (Wildman–Crippen LogP) is 2.42. The van der Waals surface area contributed by atoms with E-state index >= 15 is 0 Å². The number of anilines is 1. The highest BCUT2D eigenvalue weighted by Gasteiger charge is 2.24. The van der Waals surface area contributed by atoms with Gasteiger partial charge in [-0.3, -0.25) is 10.1 Å². The van der Waals surface area contributed by atoms with Gasteiger partial charge in [0.05, 0.1) is 11.0 Å². The van der Waals surface area contributed by atoms with Gasteiger partial charge in [0.2, 0.25) is 0 Å². The molecule has 0 radical (unpaired) electrons. The van der Waals surface area contributed by atoms with Gasteiger partial charge in [-0.25, -0.2) is 8.78 Å². The van der Waals surface area contributed by atoms with Gasteiger partial charge < -0.3 is 10.3 Å². The number of nitro benzene ring substituents is 1. The zero-order chi connectivity index (χ0) is 13.4. The number of nitro groups is 1. The van der Waals surface area contributed by atoms with Crippen molar-refractivity contribution < 1.29 is 18.2 Å². The Labute approximate surface area is 99.1 Å². The van der Waals surface area contributed by atoms with Gasteiger partial charge in [-0.15, -0.1) is 0 Å². The maximum absolute atomic E-state index is 13.2. The summed E-state index contributed by atoms with van der Waals surface area (Å²) in [5, 5.41) is 14.2. The number of rotatable bonds is 2. The third-order valence-corrected chi connectivity index (χ3v) is 2.44. The number of hydrogen-bond acceptors (Lipinski definition) is 5. The smallest absolute Gasteiger partial charge is 0.283 e.